The number of hydrogen-bond donors (Lipinski definition) is 2. The number of anilines is 1. The van der Waals surface area contributed by atoms with Gasteiger partial charge in [-0.25, -0.2) is 4.98 Å². The monoisotopic (exact) mass is 271 g/mol. The molecule has 0 unspecified atom stereocenters. The second-order valence-corrected chi connectivity index (χ2v) is 4.46. The van der Waals surface area contributed by atoms with E-state index >= 15 is 0 Å². The summed E-state index contributed by atoms with van der Waals surface area (Å²) in [4.78, 5) is 16.1. The van der Waals surface area contributed by atoms with E-state index in [9.17, 15) is 4.79 Å². The molecule has 0 fully saturated rings. The summed E-state index contributed by atoms with van der Waals surface area (Å²) >= 11 is 0. The lowest BCUT2D eigenvalue weighted by atomic mass is 10.1. The number of rotatable bonds is 4. The summed E-state index contributed by atoms with van der Waals surface area (Å²) in [5, 5.41) is 2.86. The van der Waals surface area contributed by atoms with Gasteiger partial charge in [-0.2, -0.15) is 0 Å². The van der Waals surface area contributed by atoms with E-state index in [0.717, 1.165) is 11.1 Å². The van der Waals surface area contributed by atoms with Crippen molar-refractivity contribution in [1.29, 1.82) is 0 Å². The Morgan fingerprint density at radius 1 is 1.35 bits per heavy atom. The van der Waals surface area contributed by atoms with Crippen LogP contribution in [0.15, 0.2) is 36.5 Å². The van der Waals surface area contributed by atoms with Gasteiger partial charge in [0.15, 0.2) is 0 Å². The number of nitrogens with two attached hydrogens (primary N) is 1. The molecule has 0 spiro atoms. The lowest BCUT2D eigenvalue weighted by Gasteiger charge is -2.09. The van der Waals surface area contributed by atoms with Gasteiger partial charge >= 0.3 is 0 Å². The molecule has 1 heterocycles. The van der Waals surface area contributed by atoms with Crippen LogP contribution in [0.25, 0.3) is 0 Å². The van der Waals surface area contributed by atoms with E-state index in [0.29, 0.717) is 23.7 Å². The minimum atomic E-state index is -0.148. The molecule has 5 nitrogen and oxygen atoms in total. The van der Waals surface area contributed by atoms with Crippen LogP contribution < -0.4 is 15.8 Å². The average molecular weight is 271 g/mol. The third-order valence-corrected chi connectivity index (χ3v) is 2.97. The predicted molar refractivity (Wildman–Crippen MR) is 77.6 cm³/mol. The third-order valence-electron chi connectivity index (χ3n) is 2.97. The Morgan fingerprint density at radius 2 is 2.15 bits per heavy atom. The zero-order valence-corrected chi connectivity index (χ0v) is 11.5. The van der Waals surface area contributed by atoms with Crippen molar-refractivity contribution in [2.24, 2.45) is 0 Å². The van der Waals surface area contributed by atoms with Gasteiger partial charge in [0.1, 0.15) is 0 Å². The molecule has 3 N–H and O–H groups in total. The maximum Gasteiger partial charge on any atom is 0.251 e. The molecule has 0 atom stereocenters. The number of benzene rings is 1. The first-order valence-corrected chi connectivity index (χ1v) is 6.23. The van der Waals surface area contributed by atoms with Gasteiger partial charge in [0.2, 0.25) is 5.88 Å². The van der Waals surface area contributed by atoms with Crippen LogP contribution in [0.3, 0.4) is 0 Å². The molecule has 1 amide bonds. The molecule has 0 aliphatic heterocycles. The fourth-order valence-corrected chi connectivity index (χ4v) is 1.83. The van der Waals surface area contributed by atoms with Crippen molar-refractivity contribution in [2.45, 2.75) is 13.5 Å². The van der Waals surface area contributed by atoms with E-state index < -0.39 is 0 Å². The second kappa shape index (κ2) is 6.06. The molecule has 20 heavy (non-hydrogen) atoms. The standard InChI is InChI=1S/C15H17N3O2/c1-10-3-4-12(16)8-13(10)15(19)18-9-11-5-6-17-14(7-11)20-2/h3-8H,9,16H2,1-2H3,(H,18,19). The smallest absolute Gasteiger partial charge is 0.251 e. The molecular formula is C15H17N3O2. The molecule has 5 heteroatoms. The molecule has 0 saturated heterocycles. The highest BCUT2D eigenvalue weighted by Gasteiger charge is 2.09. The quantitative estimate of drug-likeness (QED) is 0.833. The third kappa shape index (κ3) is 3.26. The Labute approximate surface area is 117 Å². The van der Waals surface area contributed by atoms with E-state index in [1.165, 1.54) is 0 Å². The Morgan fingerprint density at radius 3 is 2.90 bits per heavy atom. The van der Waals surface area contributed by atoms with Crippen LogP contribution in [-0.4, -0.2) is 18.0 Å². The van der Waals surface area contributed by atoms with Gasteiger partial charge in [-0.05, 0) is 36.2 Å². The fourth-order valence-electron chi connectivity index (χ4n) is 1.83. The number of hydrogen-bond acceptors (Lipinski definition) is 4. The number of carbonyl (C=O) groups excluding carboxylic acids is 1. The highest BCUT2D eigenvalue weighted by molar-refractivity contribution is 5.96. The Hall–Kier alpha value is -2.56. The Balaban J connectivity index is 2.06. The van der Waals surface area contributed by atoms with Gasteiger partial charge in [-0.3, -0.25) is 4.79 Å². The zero-order chi connectivity index (χ0) is 14.5. The van der Waals surface area contributed by atoms with Gasteiger partial charge in [-0.15, -0.1) is 0 Å². The molecule has 1 aromatic carbocycles. The predicted octanol–water partition coefficient (Wildman–Crippen LogP) is 1.91. The van der Waals surface area contributed by atoms with Crippen LogP contribution in [0.1, 0.15) is 21.5 Å². The summed E-state index contributed by atoms with van der Waals surface area (Å²) in [5.41, 5.74) is 8.69. The van der Waals surface area contributed by atoms with Gasteiger partial charge in [0.25, 0.3) is 5.91 Å². The summed E-state index contributed by atoms with van der Waals surface area (Å²) in [7, 11) is 1.56. The van der Waals surface area contributed by atoms with Gasteiger partial charge in [0, 0.05) is 30.1 Å². The van der Waals surface area contributed by atoms with Crippen molar-refractivity contribution in [1.82, 2.24) is 10.3 Å². The van der Waals surface area contributed by atoms with Crippen LogP contribution in [-0.2, 0) is 6.54 Å². The Kier molecular flexibility index (Phi) is 4.20. The number of nitrogens with zero attached hydrogens (tertiary/aromatic N) is 1. The SMILES string of the molecule is COc1cc(CNC(=O)c2cc(N)ccc2C)ccn1. The topological polar surface area (TPSA) is 77.2 Å². The number of pyridine rings is 1. The number of aromatic nitrogens is 1. The van der Waals surface area contributed by atoms with Crippen LogP contribution in [0.5, 0.6) is 5.88 Å². The highest BCUT2D eigenvalue weighted by Crippen LogP contribution is 2.13. The van der Waals surface area contributed by atoms with Crippen LogP contribution in [0.2, 0.25) is 0 Å². The van der Waals surface area contributed by atoms with Crippen LogP contribution in [0.4, 0.5) is 5.69 Å². The Bertz CT molecular complexity index is 626. The summed E-state index contributed by atoms with van der Waals surface area (Å²) in [6.45, 7) is 2.29. The van der Waals surface area contributed by atoms with Gasteiger partial charge in [0.05, 0.1) is 7.11 Å². The second-order valence-electron chi connectivity index (χ2n) is 4.46. The van der Waals surface area contributed by atoms with E-state index in [4.69, 9.17) is 10.5 Å². The largest absolute Gasteiger partial charge is 0.481 e. The van der Waals surface area contributed by atoms with E-state index in [2.05, 4.69) is 10.3 Å². The van der Waals surface area contributed by atoms with Crippen molar-refractivity contribution in [3.05, 3.63) is 53.2 Å². The maximum atomic E-state index is 12.1. The first-order valence-electron chi connectivity index (χ1n) is 6.23. The summed E-state index contributed by atoms with van der Waals surface area (Å²) in [6.07, 6.45) is 1.64. The summed E-state index contributed by atoms with van der Waals surface area (Å²) in [6, 6.07) is 8.90. The molecule has 0 aliphatic rings. The molecule has 0 saturated carbocycles. The van der Waals surface area contributed by atoms with Gasteiger partial charge in [-0.1, -0.05) is 6.07 Å². The number of methoxy groups -OCH3 is 1. The zero-order valence-electron chi connectivity index (χ0n) is 11.5. The van der Waals surface area contributed by atoms with Crippen LogP contribution >= 0.6 is 0 Å². The van der Waals surface area contributed by atoms with Gasteiger partial charge < -0.3 is 15.8 Å². The minimum absolute atomic E-state index is 0.148. The average Bonchev–Trinajstić information content (AvgIpc) is 2.47. The molecule has 2 aromatic rings. The number of nitrogens with one attached hydrogen (secondary N) is 1. The van der Waals surface area contributed by atoms with Crippen molar-refractivity contribution in [3.63, 3.8) is 0 Å². The van der Waals surface area contributed by atoms with E-state index in [1.807, 2.05) is 19.1 Å². The molecule has 0 bridgehead atoms. The summed E-state index contributed by atoms with van der Waals surface area (Å²) in [5.74, 6) is 0.377. The fraction of sp³-hybridized carbons (Fsp3) is 0.200. The lowest BCUT2D eigenvalue weighted by Crippen LogP contribution is -2.23. The molecule has 1 aromatic heterocycles. The number of aryl methyl sites for hydroxylation is 1. The van der Waals surface area contributed by atoms with E-state index in [1.54, 1.807) is 31.5 Å². The normalized spacial score (nSPS) is 10.1. The highest BCUT2D eigenvalue weighted by atomic mass is 16.5. The number of ether oxygens (including phenoxy) is 1. The van der Waals surface area contributed by atoms with Crippen molar-refractivity contribution < 1.29 is 9.53 Å². The molecule has 0 aliphatic carbocycles. The lowest BCUT2D eigenvalue weighted by molar-refractivity contribution is 0.0950. The molecule has 0 radical (unpaired) electrons. The first kappa shape index (κ1) is 13.9. The number of nitrogen functional groups attached to an aromatic ring is 1. The maximum absolute atomic E-state index is 12.1. The molecule has 2 rings (SSSR count). The van der Waals surface area contributed by atoms with E-state index in [-0.39, 0.29) is 5.91 Å². The van der Waals surface area contributed by atoms with Crippen molar-refractivity contribution >= 4 is 11.6 Å². The van der Waals surface area contributed by atoms with Crippen molar-refractivity contribution in [2.75, 3.05) is 12.8 Å². The molecule has 104 valence electrons. The minimum Gasteiger partial charge on any atom is -0.481 e. The molecular weight excluding hydrogens is 254 g/mol. The van der Waals surface area contributed by atoms with Crippen molar-refractivity contribution in [3.8, 4) is 5.88 Å². The van der Waals surface area contributed by atoms with Crippen LogP contribution in [0, 0.1) is 6.92 Å². The number of carbonyl (C=O) groups is 1. The number of amides is 1. The first-order chi connectivity index (χ1) is 9.60. The summed E-state index contributed by atoms with van der Waals surface area (Å²) < 4.78 is 5.04.